The second kappa shape index (κ2) is 8.08. The van der Waals surface area contributed by atoms with Crippen LogP contribution in [-0.4, -0.2) is 52.7 Å². The Bertz CT molecular complexity index is 1070. The van der Waals surface area contributed by atoms with Crippen LogP contribution in [0.2, 0.25) is 0 Å². The summed E-state index contributed by atoms with van der Waals surface area (Å²) in [6.07, 6.45) is 3.45. The second-order valence-corrected chi connectivity index (χ2v) is 9.23. The molecule has 1 saturated heterocycles. The normalized spacial score (nSPS) is 19.5. The SMILES string of the molecule is CC(=O)N1CCC(CC(=O)N2CCCc3ccccc32)(N2Cc3ccccc3C2=O)CC1. The zero-order chi connectivity index (χ0) is 22.3. The minimum Gasteiger partial charge on any atom is -0.343 e. The predicted molar refractivity (Wildman–Crippen MR) is 122 cm³/mol. The minimum atomic E-state index is -0.578. The number of carbonyl (C=O) groups is 3. The van der Waals surface area contributed by atoms with Crippen LogP contribution in [0.5, 0.6) is 0 Å². The zero-order valence-corrected chi connectivity index (χ0v) is 18.5. The fourth-order valence-electron chi connectivity index (χ4n) is 5.59. The molecule has 5 rings (SSSR count). The highest BCUT2D eigenvalue weighted by Crippen LogP contribution is 2.40. The summed E-state index contributed by atoms with van der Waals surface area (Å²) in [5.74, 6) is 0.117. The van der Waals surface area contributed by atoms with Crippen molar-refractivity contribution in [2.75, 3.05) is 24.5 Å². The van der Waals surface area contributed by atoms with Crippen LogP contribution < -0.4 is 4.90 Å². The van der Waals surface area contributed by atoms with Crippen LogP contribution in [0, 0.1) is 0 Å². The molecule has 0 radical (unpaired) electrons. The van der Waals surface area contributed by atoms with Crippen molar-refractivity contribution in [2.24, 2.45) is 0 Å². The van der Waals surface area contributed by atoms with E-state index in [1.165, 1.54) is 5.56 Å². The van der Waals surface area contributed by atoms with E-state index in [9.17, 15) is 14.4 Å². The lowest BCUT2D eigenvalue weighted by Gasteiger charge is -2.47. The standard InChI is InChI=1S/C26H29N3O3/c1-19(30)27-15-12-26(13-16-27,29-18-21-8-2-4-10-22(21)25(29)32)17-24(31)28-14-6-9-20-7-3-5-11-23(20)28/h2-5,7-8,10-11H,6,9,12-18H2,1H3. The molecule has 3 aliphatic rings. The highest BCUT2D eigenvalue weighted by atomic mass is 16.2. The molecule has 0 saturated carbocycles. The second-order valence-electron chi connectivity index (χ2n) is 9.23. The van der Waals surface area contributed by atoms with Gasteiger partial charge in [-0.05, 0) is 48.9 Å². The average molecular weight is 432 g/mol. The van der Waals surface area contributed by atoms with Gasteiger partial charge in [-0.3, -0.25) is 14.4 Å². The molecule has 2 aromatic carbocycles. The Morgan fingerprint density at radius 3 is 2.34 bits per heavy atom. The average Bonchev–Trinajstić information content (AvgIpc) is 3.16. The molecule has 166 valence electrons. The van der Waals surface area contributed by atoms with Gasteiger partial charge in [0.05, 0.1) is 12.0 Å². The van der Waals surface area contributed by atoms with E-state index in [0.29, 0.717) is 39.0 Å². The number of hydrogen-bond donors (Lipinski definition) is 0. The summed E-state index contributed by atoms with van der Waals surface area (Å²) in [6, 6.07) is 15.8. The molecular formula is C26H29N3O3. The van der Waals surface area contributed by atoms with E-state index in [4.69, 9.17) is 0 Å². The van der Waals surface area contributed by atoms with E-state index in [0.717, 1.165) is 29.7 Å². The van der Waals surface area contributed by atoms with Crippen molar-refractivity contribution < 1.29 is 14.4 Å². The molecule has 6 nitrogen and oxygen atoms in total. The Morgan fingerprint density at radius 2 is 1.62 bits per heavy atom. The lowest BCUT2D eigenvalue weighted by Crippen LogP contribution is -2.58. The zero-order valence-electron chi connectivity index (χ0n) is 18.5. The van der Waals surface area contributed by atoms with Crippen LogP contribution in [0.4, 0.5) is 5.69 Å². The number of fused-ring (bicyclic) bond motifs is 2. The summed E-state index contributed by atoms with van der Waals surface area (Å²) in [4.78, 5) is 44.7. The van der Waals surface area contributed by atoms with Crippen molar-refractivity contribution in [2.45, 2.75) is 51.1 Å². The highest BCUT2D eigenvalue weighted by Gasteiger charge is 2.47. The van der Waals surface area contributed by atoms with Gasteiger partial charge in [0.25, 0.3) is 5.91 Å². The van der Waals surface area contributed by atoms with E-state index in [-0.39, 0.29) is 24.1 Å². The number of piperidine rings is 1. The molecule has 0 atom stereocenters. The molecule has 0 spiro atoms. The van der Waals surface area contributed by atoms with Crippen LogP contribution in [0.3, 0.4) is 0 Å². The third kappa shape index (κ3) is 3.48. The van der Waals surface area contributed by atoms with Gasteiger partial charge in [0.2, 0.25) is 11.8 Å². The minimum absolute atomic E-state index is 0.00344. The molecule has 3 aliphatic heterocycles. The first-order valence-corrected chi connectivity index (χ1v) is 11.5. The number of anilines is 1. The molecule has 32 heavy (non-hydrogen) atoms. The van der Waals surface area contributed by atoms with Gasteiger partial charge in [0.15, 0.2) is 0 Å². The quantitative estimate of drug-likeness (QED) is 0.749. The largest absolute Gasteiger partial charge is 0.343 e. The summed E-state index contributed by atoms with van der Waals surface area (Å²) < 4.78 is 0. The number of hydrogen-bond acceptors (Lipinski definition) is 3. The monoisotopic (exact) mass is 431 g/mol. The van der Waals surface area contributed by atoms with Crippen molar-refractivity contribution in [1.82, 2.24) is 9.80 Å². The molecule has 2 aromatic rings. The number of likely N-dealkylation sites (tertiary alicyclic amines) is 1. The van der Waals surface area contributed by atoms with Gasteiger partial charge in [-0.15, -0.1) is 0 Å². The maximum absolute atomic E-state index is 13.7. The predicted octanol–water partition coefficient (Wildman–Crippen LogP) is 3.39. The molecular weight excluding hydrogens is 402 g/mol. The summed E-state index contributed by atoms with van der Waals surface area (Å²) in [6.45, 7) is 3.96. The number of carbonyl (C=O) groups excluding carboxylic acids is 3. The third-order valence-electron chi connectivity index (χ3n) is 7.43. The van der Waals surface area contributed by atoms with E-state index in [2.05, 4.69) is 6.07 Å². The number of benzene rings is 2. The first-order valence-electron chi connectivity index (χ1n) is 11.5. The molecule has 6 heteroatoms. The fraction of sp³-hybridized carbons (Fsp3) is 0.423. The Kier molecular flexibility index (Phi) is 5.24. The van der Waals surface area contributed by atoms with E-state index in [1.54, 1.807) is 6.92 Å². The Hall–Kier alpha value is -3.15. The van der Waals surface area contributed by atoms with Crippen molar-refractivity contribution in [3.63, 3.8) is 0 Å². The Labute approximate surface area is 188 Å². The number of amides is 3. The summed E-state index contributed by atoms with van der Waals surface area (Å²) in [7, 11) is 0. The van der Waals surface area contributed by atoms with Gasteiger partial charge in [-0.25, -0.2) is 0 Å². The number of nitrogens with zero attached hydrogens (tertiary/aromatic N) is 3. The molecule has 0 unspecified atom stereocenters. The first kappa shape index (κ1) is 20.7. The molecule has 1 fully saturated rings. The smallest absolute Gasteiger partial charge is 0.254 e. The van der Waals surface area contributed by atoms with Crippen molar-refractivity contribution in [3.8, 4) is 0 Å². The van der Waals surface area contributed by atoms with Crippen molar-refractivity contribution in [3.05, 3.63) is 65.2 Å². The maximum Gasteiger partial charge on any atom is 0.254 e. The maximum atomic E-state index is 13.7. The van der Waals surface area contributed by atoms with Crippen LogP contribution in [0.25, 0.3) is 0 Å². The van der Waals surface area contributed by atoms with Crippen molar-refractivity contribution >= 4 is 23.4 Å². The highest BCUT2D eigenvalue weighted by molar-refractivity contribution is 6.00. The summed E-state index contributed by atoms with van der Waals surface area (Å²) in [5, 5.41) is 0. The van der Waals surface area contributed by atoms with Crippen LogP contribution in [-0.2, 0) is 22.6 Å². The first-order chi connectivity index (χ1) is 15.5. The lowest BCUT2D eigenvalue weighted by molar-refractivity contribution is -0.132. The van der Waals surface area contributed by atoms with Gasteiger partial charge >= 0.3 is 0 Å². The topological polar surface area (TPSA) is 60.9 Å². The van der Waals surface area contributed by atoms with Crippen LogP contribution >= 0.6 is 0 Å². The fourth-order valence-corrected chi connectivity index (χ4v) is 5.59. The molecule has 0 aromatic heterocycles. The van der Waals surface area contributed by atoms with Gasteiger partial charge in [0.1, 0.15) is 0 Å². The van der Waals surface area contributed by atoms with Crippen LogP contribution in [0.15, 0.2) is 48.5 Å². The van der Waals surface area contributed by atoms with Gasteiger partial charge in [-0.1, -0.05) is 36.4 Å². The third-order valence-corrected chi connectivity index (χ3v) is 7.43. The van der Waals surface area contributed by atoms with Gasteiger partial charge in [-0.2, -0.15) is 0 Å². The van der Waals surface area contributed by atoms with Crippen molar-refractivity contribution in [1.29, 1.82) is 0 Å². The van der Waals surface area contributed by atoms with E-state index >= 15 is 0 Å². The van der Waals surface area contributed by atoms with Gasteiger partial charge < -0.3 is 14.7 Å². The lowest BCUT2D eigenvalue weighted by atomic mass is 9.81. The van der Waals surface area contributed by atoms with Crippen LogP contribution in [0.1, 0.15) is 54.1 Å². The Balaban J connectivity index is 1.45. The van der Waals surface area contributed by atoms with Gasteiger partial charge in [0, 0.05) is 44.4 Å². The van der Waals surface area contributed by atoms with E-state index < -0.39 is 5.54 Å². The summed E-state index contributed by atoms with van der Waals surface area (Å²) >= 11 is 0. The Morgan fingerprint density at radius 1 is 0.938 bits per heavy atom. The molecule has 0 N–H and O–H groups in total. The summed E-state index contributed by atoms with van der Waals surface area (Å²) in [5.41, 5.74) is 3.37. The van der Waals surface area contributed by atoms with E-state index in [1.807, 2.05) is 57.2 Å². The molecule has 3 heterocycles. The number of rotatable bonds is 3. The number of aryl methyl sites for hydroxylation is 1. The molecule has 0 bridgehead atoms. The molecule has 3 amide bonds. The number of para-hydroxylation sites is 1. The molecule has 0 aliphatic carbocycles.